The summed E-state index contributed by atoms with van der Waals surface area (Å²) in [5.74, 6) is -1.33. The summed E-state index contributed by atoms with van der Waals surface area (Å²) in [5.41, 5.74) is 0.183. The number of likely N-dealkylation sites (tertiary alicyclic amines) is 1. The Balaban J connectivity index is 2.12. The molecule has 1 unspecified atom stereocenters. The van der Waals surface area contributed by atoms with Crippen molar-refractivity contribution in [3.05, 3.63) is 29.3 Å². The standard InChI is InChI=1S/C15H21F2NO3S/c1-21-14-6-5-13(16)15(17)12(14)9-18-7-3-4-11(8-18)10-22(2,19)20/h5-6,11H,3-4,7-10H2,1-2H3. The van der Waals surface area contributed by atoms with Gasteiger partial charge in [-0.3, -0.25) is 4.90 Å². The molecule has 0 saturated carbocycles. The van der Waals surface area contributed by atoms with Gasteiger partial charge in [-0.2, -0.15) is 0 Å². The molecule has 124 valence electrons. The molecule has 0 radical (unpaired) electrons. The fraction of sp³-hybridized carbons (Fsp3) is 0.600. The number of hydrogen-bond acceptors (Lipinski definition) is 4. The van der Waals surface area contributed by atoms with Crippen LogP contribution in [0.4, 0.5) is 8.78 Å². The summed E-state index contributed by atoms with van der Waals surface area (Å²) in [4.78, 5) is 1.96. The molecular weight excluding hydrogens is 312 g/mol. The Hall–Kier alpha value is -1.21. The number of nitrogens with zero attached hydrogens (tertiary/aromatic N) is 1. The summed E-state index contributed by atoms with van der Waals surface area (Å²) in [5, 5.41) is 0. The SMILES string of the molecule is COc1ccc(F)c(F)c1CN1CCCC(CS(C)(=O)=O)C1. The number of sulfone groups is 1. The van der Waals surface area contributed by atoms with Gasteiger partial charge >= 0.3 is 0 Å². The Morgan fingerprint density at radius 1 is 1.36 bits per heavy atom. The lowest BCUT2D eigenvalue weighted by Gasteiger charge is -2.32. The van der Waals surface area contributed by atoms with Gasteiger partial charge in [-0.05, 0) is 37.4 Å². The Kier molecular flexibility index (Phi) is 5.39. The third-order valence-electron chi connectivity index (χ3n) is 3.90. The van der Waals surface area contributed by atoms with Crippen LogP contribution in [0.3, 0.4) is 0 Å². The first-order valence-electron chi connectivity index (χ1n) is 7.21. The monoisotopic (exact) mass is 333 g/mol. The molecule has 7 heteroatoms. The van der Waals surface area contributed by atoms with Gasteiger partial charge in [0.15, 0.2) is 11.6 Å². The zero-order valence-electron chi connectivity index (χ0n) is 12.8. The molecule has 0 bridgehead atoms. The van der Waals surface area contributed by atoms with Crippen LogP contribution in [0, 0.1) is 17.6 Å². The molecule has 0 spiro atoms. The summed E-state index contributed by atoms with van der Waals surface area (Å²) < 4.78 is 55.3. The van der Waals surface area contributed by atoms with Crippen LogP contribution in [0.15, 0.2) is 12.1 Å². The van der Waals surface area contributed by atoms with Crippen molar-refractivity contribution in [2.45, 2.75) is 19.4 Å². The molecule has 0 aromatic heterocycles. The van der Waals surface area contributed by atoms with Crippen LogP contribution in [0.1, 0.15) is 18.4 Å². The van der Waals surface area contributed by atoms with E-state index in [4.69, 9.17) is 4.74 Å². The molecule has 1 fully saturated rings. The van der Waals surface area contributed by atoms with Gasteiger partial charge in [-0.15, -0.1) is 0 Å². The highest BCUT2D eigenvalue weighted by Gasteiger charge is 2.25. The van der Waals surface area contributed by atoms with Crippen molar-refractivity contribution in [2.75, 3.05) is 32.2 Å². The van der Waals surface area contributed by atoms with E-state index in [1.165, 1.54) is 19.4 Å². The van der Waals surface area contributed by atoms with Crippen molar-refractivity contribution in [1.82, 2.24) is 4.90 Å². The van der Waals surface area contributed by atoms with Crippen LogP contribution < -0.4 is 4.74 Å². The van der Waals surface area contributed by atoms with Crippen molar-refractivity contribution in [1.29, 1.82) is 0 Å². The third kappa shape index (κ3) is 4.39. The molecule has 0 amide bonds. The lowest BCUT2D eigenvalue weighted by molar-refractivity contribution is 0.173. The Morgan fingerprint density at radius 2 is 2.09 bits per heavy atom. The molecule has 1 heterocycles. The molecule has 1 aliphatic heterocycles. The van der Waals surface area contributed by atoms with Crippen molar-refractivity contribution in [3.63, 3.8) is 0 Å². The fourth-order valence-electron chi connectivity index (χ4n) is 3.00. The largest absolute Gasteiger partial charge is 0.496 e. The second-order valence-corrected chi connectivity index (χ2v) is 8.06. The number of methoxy groups -OCH3 is 1. The van der Waals surface area contributed by atoms with Crippen molar-refractivity contribution in [3.8, 4) is 5.75 Å². The number of halogens is 2. The lowest BCUT2D eigenvalue weighted by atomic mass is 9.99. The summed E-state index contributed by atoms with van der Waals surface area (Å²) in [6, 6.07) is 2.45. The summed E-state index contributed by atoms with van der Waals surface area (Å²) in [6.45, 7) is 1.51. The highest BCUT2D eigenvalue weighted by atomic mass is 32.2. The predicted molar refractivity (Wildman–Crippen MR) is 80.6 cm³/mol. The van der Waals surface area contributed by atoms with E-state index in [0.717, 1.165) is 25.5 Å². The fourth-order valence-corrected chi connectivity index (χ4v) is 4.12. The highest BCUT2D eigenvalue weighted by molar-refractivity contribution is 7.90. The van der Waals surface area contributed by atoms with Gasteiger partial charge in [-0.1, -0.05) is 0 Å². The van der Waals surface area contributed by atoms with E-state index < -0.39 is 21.5 Å². The Morgan fingerprint density at radius 3 is 2.73 bits per heavy atom. The van der Waals surface area contributed by atoms with Gasteiger partial charge in [0.05, 0.1) is 12.9 Å². The van der Waals surface area contributed by atoms with Crippen LogP contribution in [0.25, 0.3) is 0 Å². The second-order valence-electron chi connectivity index (χ2n) is 5.88. The van der Waals surface area contributed by atoms with Crippen molar-refractivity contribution >= 4 is 9.84 Å². The molecular formula is C15H21F2NO3S. The van der Waals surface area contributed by atoms with Crippen LogP contribution >= 0.6 is 0 Å². The van der Waals surface area contributed by atoms with E-state index in [0.29, 0.717) is 12.3 Å². The number of ether oxygens (including phenoxy) is 1. The minimum absolute atomic E-state index is 0.0337. The molecule has 1 aliphatic rings. The Labute approximate surface area is 130 Å². The van der Waals surface area contributed by atoms with E-state index in [2.05, 4.69) is 0 Å². The minimum Gasteiger partial charge on any atom is -0.496 e. The van der Waals surface area contributed by atoms with E-state index in [1.807, 2.05) is 4.90 Å². The Bertz CT molecular complexity index is 634. The van der Waals surface area contributed by atoms with Gasteiger partial charge in [-0.25, -0.2) is 17.2 Å². The van der Waals surface area contributed by atoms with Gasteiger partial charge < -0.3 is 4.74 Å². The van der Waals surface area contributed by atoms with Crippen LogP contribution in [0.2, 0.25) is 0 Å². The average molecular weight is 333 g/mol. The quantitative estimate of drug-likeness (QED) is 0.829. The van der Waals surface area contributed by atoms with E-state index in [1.54, 1.807) is 0 Å². The normalized spacial score (nSPS) is 20.1. The lowest BCUT2D eigenvalue weighted by Crippen LogP contribution is -2.37. The zero-order valence-corrected chi connectivity index (χ0v) is 13.6. The maximum atomic E-state index is 14.0. The molecule has 1 aromatic rings. The van der Waals surface area contributed by atoms with E-state index in [9.17, 15) is 17.2 Å². The third-order valence-corrected chi connectivity index (χ3v) is 4.97. The number of benzene rings is 1. The van der Waals surface area contributed by atoms with Crippen LogP contribution in [-0.4, -0.2) is 45.5 Å². The van der Waals surface area contributed by atoms with E-state index >= 15 is 0 Å². The summed E-state index contributed by atoms with van der Waals surface area (Å²) >= 11 is 0. The molecule has 1 atom stereocenters. The summed E-state index contributed by atoms with van der Waals surface area (Å²) in [6.07, 6.45) is 2.91. The molecule has 1 saturated heterocycles. The predicted octanol–water partition coefficient (Wildman–Crippen LogP) is 2.23. The first-order valence-corrected chi connectivity index (χ1v) is 9.27. The maximum absolute atomic E-state index is 14.0. The first kappa shape index (κ1) is 17.1. The molecule has 0 aliphatic carbocycles. The average Bonchev–Trinajstić information content (AvgIpc) is 2.43. The zero-order chi connectivity index (χ0) is 16.3. The van der Waals surface area contributed by atoms with Gasteiger partial charge in [0, 0.05) is 24.9 Å². The van der Waals surface area contributed by atoms with Crippen molar-refractivity contribution < 1.29 is 21.9 Å². The van der Waals surface area contributed by atoms with Crippen LogP contribution in [-0.2, 0) is 16.4 Å². The van der Waals surface area contributed by atoms with Gasteiger partial charge in [0.25, 0.3) is 0 Å². The number of piperidine rings is 1. The second kappa shape index (κ2) is 6.91. The number of hydrogen-bond donors (Lipinski definition) is 0. The maximum Gasteiger partial charge on any atom is 0.167 e. The van der Waals surface area contributed by atoms with Gasteiger partial charge in [0.2, 0.25) is 0 Å². The molecule has 22 heavy (non-hydrogen) atoms. The summed E-state index contributed by atoms with van der Waals surface area (Å²) in [7, 11) is -1.62. The van der Waals surface area contributed by atoms with Crippen LogP contribution in [0.5, 0.6) is 5.75 Å². The number of rotatable bonds is 5. The molecule has 0 N–H and O–H groups in total. The topological polar surface area (TPSA) is 46.6 Å². The highest BCUT2D eigenvalue weighted by Crippen LogP contribution is 2.27. The smallest absolute Gasteiger partial charge is 0.167 e. The molecule has 4 nitrogen and oxygen atoms in total. The van der Waals surface area contributed by atoms with Gasteiger partial charge in [0.1, 0.15) is 15.6 Å². The molecule has 2 rings (SSSR count). The first-order chi connectivity index (χ1) is 10.3. The van der Waals surface area contributed by atoms with Crippen molar-refractivity contribution in [2.24, 2.45) is 5.92 Å². The molecule has 1 aromatic carbocycles. The minimum atomic E-state index is -3.03. The van der Waals surface area contributed by atoms with E-state index in [-0.39, 0.29) is 23.8 Å².